The molecule has 4 nitrogen and oxygen atoms in total. The number of rotatable bonds is 3. The van der Waals surface area contributed by atoms with Crippen LogP contribution in [0.3, 0.4) is 0 Å². The van der Waals surface area contributed by atoms with Crippen molar-refractivity contribution in [3.8, 4) is 0 Å². The number of nitrogens with one attached hydrogen (secondary N) is 1. The summed E-state index contributed by atoms with van der Waals surface area (Å²) in [5.74, 6) is -2.45. The molecule has 0 bridgehead atoms. The summed E-state index contributed by atoms with van der Waals surface area (Å²) < 4.78 is 27.0. The van der Waals surface area contributed by atoms with Gasteiger partial charge in [-0.2, -0.15) is 0 Å². The monoisotopic (exact) mass is 278 g/mol. The average molecular weight is 278 g/mol. The van der Waals surface area contributed by atoms with Crippen molar-refractivity contribution in [2.24, 2.45) is 0 Å². The van der Waals surface area contributed by atoms with Crippen LogP contribution in [0.4, 0.5) is 25.8 Å². The summed E-state index contributed by atoms with van der Waals surface area (Å²) in [5.41, 5.74) is 5.93. The molecule has 0 unspecified atom stereocenters. The van der Waals surface area contributed by atoms with Crippen LogP contribution in [-0.2, 0) is 0 Å². The average Bonchev–Trinajstić information content (AvgIpc) is 2.30. The van der Waals surface area contributed by atoms with Gasteiger partial charge in [0.25, 0.3) is 0 Å². The number of benzene rings is 2. The van der Waals surface area contributed by atoms with Gasteiger partial charge in [0.05, 0.1) is 11.3 Å². The molecule has 0 radical (unpaired) electrons. The zero-order valence-electron chi connectivity index (χ0n) is 10.6. The molecule has 0 aliphatic carbocycles. The number of carbonyl (C=O) groups is 1. The molecule has 0 atom stereocenters. The second-order valence-electron chi connectivity index (χ2n) is 4.37. The van der Waals surface area contributed by atoms with E-state index in [0.29, 0.717) is 11.3 Å². The van der Waals surface area contributed by atoms with E-state index in [1.807, 2.05) is 0 Å². The van der Waals surface area contributed by atoms with Gasteiger partial charge >= 0.3 is 5.97 Å². The van der Waals surface area contributed by atoms with Gasteiger partial charge < -0.3 is 16.2 Å². The third-order valence-electron chi connectivity index (χ3n) is 2.69. The first-order valence-electron chi connectivity index (χ1n) is 5.73. The summed E-state index contributed by atoms with van der Waals surface area (Å²) in [6.45, 7) is 1.69. The molecule has 6 heteroatoms. The molecule has 2 aromatic rings. The van der Waals surface area contributed by atoms with Crippen LogP contribution in [0.25, 0.3) is 0 Å². The van der Waals surface area contributed by atoms with Crippen LogP contribution >= 0.6 is 0 Å². The Bertz CT molecular complexity index is 667. The lowest BCUT2D eigenvalue weighted by Crippen LogP contribution is -2.05. The smallest absolute Gasteiger partial charge is 0.337 e. The zero-order valence-corrected chi connectivity index (χ0v) is 10.6. The van der Waals surface area contributed by atoms with E-state index in [4.69, 9.17) is 10.8 Å². The SMILES string of the molecule is Cc1cc(F)cc(Nc2cc(C(=O)O)c(N)cc2F)c1. The van der Waals surface area contributed by atoms with Gasteiger partial charge in [-0.1, -0.05) is 0 Å². The molecule has 0 spiro atoms. The van der Waals surface area contributed by atoms with Crippen LogP contribution in [0, 0.1) is 18.6 Å². The minimum Gasteiger partial charge on any atom is -0.478 e. The van der Waals surface area contributed by atoms with Crippen molar-refractivity contribution in [3.63, 3.8) is 0 Å². The van der Waals surface area contributed by atoms with Crippen LogP contribution in [0.2, 0.25) is 0 Å². The lowest BCUT2D eigenvalue weighted by Gasteiger charge is -2.11. The number of aromatic carboxylic acids is 1. The van der Waals surface area contributed by atoms with E-state index in [1.165, 1.54) is 12.1 Å². The molecule has 20 heavy (non-hydrogen) atoms. The third-order valence-corrected chi connectivity index (χ3v) is 2.69. The van der Waals surface area contributed by atoms with Crippen LogP contribution in [0.15, 0.2) is 30.3 Å². The van der Waals surface area contributed by atoms with Crippen LogP contribution in [-0.4, -0.2) is 11.1 Å². The molecule has 2 rings (SSSR count). The standard InChI is InChI=1S/C14H12F2N2O2/c1-7-2-8(15)4-9(3-7)18-13-5-10(14(19)20)12(17)6-11(13)16/h2-6,18H,17H2,1H3,(H,19,20). The lowest BCUT2D eigenvalue weighted by molar-refractivity contribution is 0.0698. The second-order valence-corrected chi connectivity index (χ2v) is 4.37. The minimum atomic E-state index is -1.26. The van der Waals surface area contributed by atoms with E-state index >= 15 is 0 Å². The Balaban J connectivity index is 2.42. The Hall–Kier alpha value is -2.63. The molecule has 0 aromatic heterocycles. The summed E-state index contributed by atoms with van der Waals surface area (Å²) >= 11 is 0. The molecule has 104 valence electrons. The first-order valence-corrected chi connectivity index (χ1v) is 5.73. The quantitative estimate of drug-likeness (QED) is 0.753. The summed E-state index contributed by atoms with van der Waals surface area (Å²) in [4.78, 5) is 11.0. The number of anilines is 3. The number of carboxylic acid groups (broad SMARTS) is 1. The molecule has 0 heterocycles. The van der Waals surface area contributed by atoms with E-state index in [9.17, 15) is 13.6 Å². The van der Waals surface area contributed by atoms with Crippen LogP contribution in [0.5, 0.6) is 0 Å². The Morgan fingerprint density at radius 2 is 1.90 bits per heavy atom. The van der Waals surface area contributed by atoms with Crippen molar-refractivity contribution in [1.29, 1.82) is 0 Å². The van der Waals surface area contributed by atoms with Gasteiger partial charge in [0, 0.05) is 11.4 Å². The highest BCUT2D eigenvalue weighted by Crippen LogP contribution is 2.26. The zero-order chi connectivity index (χ0) is 14.9. The Morgan fingerprint density at radius 3 is 2.50 bits per heavy atom. The fraction of sp³-hybridized carbons (Fsp3) is 0.0714. The van der Waals surface area contributed by atoms with Gasteiger partial charge in [0.2, 0.25) is 0 Å². The molecule has 2 aromatic carbocycles. The van der Waals surface area contributed by atoms with Gasteiger partial charge in [-0.05, 0) is 42.8 Å². The minimum absolute atomic E-state index is 0.0819. The molecule has 0 saturated carbocycles. The fourth-order valence-electron chi connectivity index (χ4n) is 1.83. The number of hydrogen-bond acceptors (Lipinski definition) is 3. The number of aryl methyl sites for hydroxylation is 1. The topological polar surface area (TPSA) is 75.3 Å². The van der Waals surface area contributed by atoms with Crippen molar-refractivity contribution >= 4 is 23.0 Å². The molecule has 0 aliphatic heterocycles. The van der Waals surface area contributed by atoms with Gasteiger partial charge in [0.1, 0.15) is 11.6 Å². The summed E-state index contributed by atoms with van der Waals surface area (Å²) in [7, 11) is 0. The van der Waals surface area contributed by atoms with Crippen molar-refractivity contribution in [2.45, 2.75) is 6.92 Å². The predicted molar refractivity (Wildman–Crippen MR) is 72.2 cm³/mol. The first-order chi connectivity index (χ1) is 9.36. The maximum atomic E-state index is 13.8. The maximum absolute atomic E-state index is 13.8. The van der Waals surface area contributed by atoms with E-state index in [1.54, 1.807) is 13.0 Å². The number of carboxylic acids is 1. The molecule has 0 aliphatic rings. The molecule has 0 fully saturated rings. The van der Waals surface area contributed by atoms with Gasteiger partial charge in [-0.25, -0.2) is 13.6 Å². The second kappa shape index (κ2) is 5.16. The Morgan fingerprint density at radius 1 is 1.20 bits per heavy atom. The van der Waals surface area contributed by atoms with Gasteiger partial charge in [0.15, 0.2) is 0 Å². The molecular weight excluding hydrogens is 266 g/mol. The van der Waals surface area contributed by atoms with Crippen molar-refractivity contribution in [1.82, 2.24) is 0 Å². The van der Waals surface area contributed by atoms with Gasteiger partial charge in [-0.3, -0.25) is 0 Å². The molecule has 0 amide bonds. The first kappa shape index (κ1) is 13.8. The van der Waals surface area contributed by atoms with E-state index < -0.39 is 17.6 Å². The number of hydrogen-bond donors (Lipinski definition) is 3. The molecule has 4 N–H and O–H groups in total. The predicted octanol–water partition coefficient (Wildman–Crippen LogP) is 3.30. The fourth-order valence-corrected chi connectivity index (χ4v) is 1.83. The summed E-state index contributed by atoms with van der Waals surface area (Å²) in [6, 6.07) is 6.11. The highest BCUT2D eigenvalue weighted by atomic mass is 19.1. The summed E-state index contributed by atoms with van der Waals surface area (Å²) in [6.07, 6.45) is 0. The lowest BCUT2D eigenvalue weighted by atomic mass is 10.1. The highest BCUT2D eigenvalue weighted by Gasteiger charge is 2.13. The Kier molecular flexibility index (Phi) is 3.56. The third kappa shape index (κ3) is 2.85. The van der Waals surface area contributed by atoms with Crippen molar-refractivity contribution in [3.05, 3.63) is 53.1 Å². The normalized spacial score (nSPS) is 10.3. The van der Waals surface area contributed by atoms with E-state index in [0.717, 1.165) is 12.1 Å². The van der Waals surface area contributed by atoms with E-state index in [2.05, 4.69) is 5.32 Å². The highest BCUT2D eigenvalue weighted by molar-refractivity contribution is 5.95. The van der Waals surface area contributed by atoms with Crippen LogP contribution < -0.4 is 11.1 Å². The van der Waals surface area contributed by atoms with Crippen molar-refractivity contribution in [2.75, 3.05) is 11.1 Å². The summed E-state index contributed by atoms with van der Waals surface area (Å²) in [5, 5.41) is 11.6. The van der Waals surface area contributed by atoms with Crippen molar-refractivity contribution < 1.29 is 18.7 Å². The molecule has 0 saturated heterocycles. The number of halogens is 2. The maximum Gasteiger partial charge on any atom is 0.337 e. The van der Waals surface area contributed by atoms with E-state index in [-0.39, 0.29) is 16.9 Å². The van der Waals surface area contributed by atoms with Crippen LogP contribution in [0.1, 0.15) is 15.9 Å². The number of nitrogens with two attached hydrogens (primary N) is 1. The number of nitrogen functional groups attached to an aromatic ring is 1. The van der Waals surface area contributed by atoms with Gasteiger partial charge in [-0.15, -0.1) is 0 Å². The Labute approximate surface area is 113 Å². The molecular formula is C14H12F2N2O2. The largest absolute Gasteiger partial charge is 0.478 e.